The van der Waals surface area contributed by atoms with Gasteiger partial charge in [-0.15, -0.1) is 0 Å². The number of carbonyl (C=O) groups is 1. The van der Waals surface area contributed by atoms with Gasteiger partial charge < -0.3 is 19.3 Å². The molecule has 0 saturated carbocycles. The van der Waals surface area contributed by atoms with E-state index in [0.717, 1.165) is 0 Å². The molecule has 1 amide bonds. The number of ether oxygens (including phenoxy) is 1. The molecule has 0 bridgehead atoms. The van der Waals surface area contributed by atoms with Crippen molar-refractivity contribution >= 4 is 31.6 Å². The second-order valence-electron chi connectivity index (χ2n) is 10.6. The van der Waals surface area contributed by atoms with E-state index in [1.165, 1.54) is 42.5 Å². The van der Waals surface area contributed by atoms with Gasteiger partial charge in [0.1, 0.15) is 22.4 Å². The lowest BCUT2D eigenvalue weighted by Gasteiger charge is -2.33. The predicted octanol–water partition coefficient (Wildman–Crippen LogP) is 2.56. The monoisotopic (exact) mass is 620 g/mol. The van der Waals surface area contributed by atoms with Crippen molar-refractivity contribution in [2.24, 2.45) is 5.92 Å². The molecule has 0 spiro atoms. The first-order chi connectivity index (χ1) is 19.7. The van der Waals surface area contributed by atoms with Crippen molar-refractivity contribution in [2.75, 3.05) is 31.5 Å². The number of amides is 1. The van der Waals surface area contributed by atoms with Crippen LogP contribution in [0, 0.1) is 19.8 Å². The summed E-state index contributed by atoms with van der Waals surface area (Å²) in [6.07, 6.45) is -0.831. The molecule has 1 aliphatic rings. The summed E-state index contributed by atoms with van der Waals surface area (Å²) in [7, 11) is -6.44. The van der Waals surface area contributed by atoms with Gasteiger partial charge in [0.2, 0.25) is 15.9 Å². The molecule has 1 aliphatic heterocycles. The Labute approximate surface area is 246 Å². The highest BCUT2D eigenvalue weighted by Gasteiger charge is 2.35. The molecule has 14 heteroatoms. The number of nitrogens with one attached hydrogen (secondary N) is 1. The number of aliphatic hydroxyl groups is 1. The molecule has 2 aromatic carbocycles. The maximum absolute atomic E-state index is 13.5. The number of aryl methyl sites for hydroxylation is 2. The number of sulfonamides is 2. The number of rotatable bonds is 9. The zero-order valence-corrected chi connectivity index (χ0v) is 25.8. The van der Waals surface area contributed by atoms with Crippen LogP contribution in [0.5, 0.6) is 5.75 Å². The van der Waals surface area contributed by atoms with Crippen LogP contribution in [0.4, 0.5) is 5.69 Å². The topological polar surface area (TPSA) is 159 Å². The Balaban J connectivity index is 1.70. The molecule has 2 heterocycles. The smallest absolute Gasteiger partial charge is 0.261 e. The van der Waals surface area contributed by atoms with E-state index in [2.05, 4.69) is 9.88 Å². The van der Waals surface area contributed by atoms with Gasteiger partial charge in [-0.2, -0.15) is 4.31 Å². The average Bonchev–Trinajstić information content (AvgIpc) is 3.31. The van der Waals surface area contributed by atoms with Crippen LogP contribution in [-0.2, 0) is 31.3 Å². The number of benzene rings is 2. The van der Waals surface area contributed by atoms with Gasteiger partial charge in [0.25, 0.3) is 10.0 Å². The largest absolute Gasteiger partial charge is 0.488 e. The fraction of sp³-hybridized carbons (Fsp3) is 0.429. The highest BCUT2D eigenvalue weighted by molar-refractivity contribution is 7.92. The van der Waals surface area contributed by atoms with E-state index in [1.54, 1.807) is 43.0 Å². The summed E-state index contributed by atoms with van der Waals surface area (Å²) in [6, 6.07) is 12.0. The quantitative estimate of drug-likeness (QED) is 0.367. The normalized spacial score (nSPS) is 18.9. The summed E-state index contributed by atoms with van der Waals surface area (Å²) in [4.78, 5) is 15.1. The first-order valence-corrected chi connectivity index (χ1v) is 16.3. The molecule has 4 rings (SSSR count). The average molecular weight is 621 g/mol. The first kappa shape index (κ1) is 31.5. The van der Waals surface area contributed by atoms with Crippen LogP contribution in [-0.4, -0.2) is 81.1 Å². The standard InChI is InChI=1S/C28H36N4O8S2/c1-18-15-32(19(2)17-33)27(34)14-22-13-23(30-41(35,36)24-9-7-6-8-10-24)11-12-25(22)39-26(18)16-31(5)42(37,38)28-20(3)29-40-21(28)4/h6-13,18-19,26,30,33H,14-17H2,1-5H3/t18-,19+,26+/m1/s1. The van der Waals surface area contributed by atoms with Crippen molar-refractivity contribution in [3.05, 3.63) is 65.5 Å². The second-order valence-corrected chi connectivity index (χ2v) is 14.2. The first-order valence-electron chi connectivity index (χ1n) is 13.4. The van der Waals surface area contributed by atoms with Gasteiger partial charge >= 0.3 is 0 Å². The van der Waals surface area contributed by atoms with E-state index >= 15 is 0 Å². The maximum Gasteiger partial charge on any atom is 0.261 e. The van der Waals surface area contributed by atoms with Crippen molar-refractivity contribution in [1.29, 1.82) is 0 Å². The molecule has 0 aliphatic carbocycles. The highest BCUT2D eigenvalue weighted by atomic mass is 32.2. The molecule has 2 N–H and O–H groups in total. The van der Waals surface area contributed by atoms with Gasteiger partial charge in [0.15, 0.2) is 5.76 Å². The summed E-state index contributed by atoms with van der Waals surface area (Å²) in [5.41, 5.74) is 0.892. The molecule has 3 aromatic rings. The number of fused-ring (bicyclic) bond motifs is 1. The Morgan fingerprint density at radius 1 is 1.14 bits per heavy atom. The summed E-state index contributed by atoms with van der Waals surface area (Å²) < 4.78 is 67.9. The second kappa shape index (κ2) is 12.4. The summed E-state index contributed by atoms with van der Waals surface area (Å²) in [6.45, 7) is 6.51. The SMILES string of the molecule is Cc1noc(C)c1S(=O)(=O)N(C)C[C@@H]1Oc2ccc(NS(=O)(=O)c3ccccc3)cc2CC(=O)N([C@@H](C)CO)C[C@H]1C. The van der Waals surface area contributed by atoms with Crippen LogP contribution in [0.15, 0.2) is 62.8 Å². The zero-order valence-electron chi connectivity index (χ0n) is 24.1. The van der Waals surface area contributed by atoms with E-state index in [9.17, 15) is 26.7 Å². The number of likely N-dealkylation sites (N-methyl/N-ethyl adjacent to an activating group) is 1. The van der Waals surface area contributed by atoms with Crippen molar-refractivity contribution < 1.29 is 36.0 Å². The molecule has 1 aromatic heterocycles. The fourth-order valence-corrected chi connectivity index (χ4v) is 7.41. The molecule has 3 atom stereocenters. The van der Waals surface area contributed by atoms with Gasteiger partial charge in [-0.05, 0) is 51.1 Å². The minimum atomic E-state index is -3.99. The van der Waals surface area contributed by atoms with E-state index in [4.69, 9.17) is 9.26 Å². The lowest BCUT2D eigenvalue weighted by molar-refractivity contribution is -0.134. The molecule has 0 radical (unpaired) electrons. The van der Waals surface area contributed by atoms with Crippen LogP contribution in [0.3, 0.4) is 0 Å². The molecule has 228 valence electrons. The van der Waals surface area contributed by atoms with Crippen molar-refractivity contribution in [3.63, 3.8) is 0 Å². The van der Waals surface area contributed by atoms with Gasteiger partial charge in [-0.25, -0.2) is 16.8 Å². The Hall–Kier alpha value is -3.46. The maximum atomic E-state index is 13.5. The van der Waals surface area contributed by atoms with E-state index < -0.39 is 32.2 Å². The number of hydrogen-bond acceptors (Lipinski definition) is 9. The Bertz CT molecular complexity index is 1620. The van der Waals surface area contributed by atoms with Crippen LogP contribution in [0.1, 0.15) is 30.9 Å². The highest BCUT2D eigenvalue weighted by Crippen LogP contribution is 2.31. The fourth-order valence-electron chi connectivity index (χ4n) is 4.87. The van der Waals surface area contributed by atoms with Crippen LogP contribution in [0.25, 0.3) is 0 Å². The Kier molecular flexibility index (Phi) is 9.30. The number of nitrogens with zero attached hydrogens (tertiary/aromatic N) is 3. The van der Waals surface area contributed by atoms with Gasteiger partial charge in [-0.1, -0.05) is 30.3 Å². The van der Waals surface area contributed by atoms with Crippen molar-refractivity contribution in [2.45, 2.75) is 56.1 Å². The van der Waals surface area contributed by atoms with E-state index in [0.29, 0.717) is 11.3 Å². The summed E-state index contributed by atoms with van der Waals surface area (Å²) in [5.74, 6) is -0.141. The van der Waals surface area contributed by atoms with Crippen molar-refractivity contribution in [3.8, 4) is 5.75 Å². The number of anilines is 1. The van der Waals surface area contributed by atoms with Crippen molar-refractivity contribution in [1.82, 2.24) is 14.4 Å². The van der Waals surface area contributed by atoms with E-state index in [-0.39, 0.29) is 64.9 Å². The number of aliphatic hydroxyl groups excluding tert-OH is 1. The molecular weight excluding hydrogens is 584 g/mol. The molecule has 0 saturated heterocycles. The minimum Gasteiger partial charge on any atom is -0.488 e. The van der Waals surface area contributed by atoms with Gasteiger partial charge in [-0.3, -0.25) is 9.52 Å². The lowest BCUT2D eigenvalue weighted by Crippen LogP contribution is -2.48. The predicted molar refractivity (Wildman–Crippen MR) is 155 cm³/mol. The summed E-state index contributed by atoms with van der Waals surface area (Å²) >= 11 is 0. The van der Waals surface area contributed by atoms with Crippen LogP contribution >= 0.6 is 0 Å². The van der Waals surface area contributed by atoms with Gasteiger partial charge in [0.05, 0.1) is 30.5 Å². The number of hydrogen-bond donors (Lipinski definition) is 2. The molecule has 12 nitrogen and oxygen atoms in total. The zero-order chi connectivity index (χ0) is 30.8. The number of carbonyl (C=O) groups excluding carboxylic acids is 1. The van der Waals surface area contributed by atoms with Crippen LogP contribution in [0.2, 0.25) is 0 Å². The van der Waals surface area contributed by atoms with Crippen LogP contribution < -0.4 is 9.46 Å². The third-order valence-electron chi connectivity index (χ3n) is 7.30. The minimum absolute atomic E-state index is 0.0119. The molecular formula is C28H36N4O8S2. The Morgan fingerprint density at radius 2 is 1.83 bits per heavy atom. The lowest BCUT2D eigenvalue weighted by atomic mass is 10.0. The molecule has 0 fully saturated rings. The van der Waals surface area contributed by atoms with E-state index in [1.807, 2.05) is 6.92 Å². The third-order valence-corrected chi connectivity index (χ3v) is 10.8. The number of aromatic nitrogens is 1. The van der Waals surface area contributed by atoms with Gasteiger partial charge in [0, 0.05) is 30.8 Å². The third kappa shape index (κ3) is 6.61. The Morgan fingerprint density at radius 3 is 2.45 bits per heavy atom. The summed E-state index contributed by atoms with van der Waals surface area (Å²) in [5, 5.41) is 13.6. The molecule has 0 unspecified atom stereocenters. The molecule has 42 heavy (non-hydrogen) atoms.